The summed E-state index contributed by atoms with van der Waals surface area (Å²) in [7, 11) is 1.77. The van der Waals surface area contributed by atoms with Gasteiger partial charge < -0.3 is 14.6 Å². The first kappa shape index (κ1) is 16.3. The molecule has 28 heavy (non-hydrogen) atoms. The number of piperidine rings is 3. The topological polar surface area (TPSA) is 70.2 Å². The summed E-state index contributed by atoms with van der Waals surface area (Å²) in [5.74, 6) is 3.09. The van der Waals surface area contributed by atoms with Crippen LogP contribution < -0.4 is 9.64 Å². The molecule has 0 aliphatic carbocycles. The minimum absolute atomic E-state index is 0.400. The van der Waals surface area contributed by atoms with E-state index in [1.54, 1.807) is 19.8 Å². The van der Waals surface area contributed by atoms with Crippen molar-refractivity contribution in [3.05, 3.63) is 42.5 Å². The molecule has 3 atom stereocenters. The van der Waals surface area contributed by atoms with Gasteiger partial charge in [0.25, 0.3) is 0 Å². The molecule has 7 heteroatoms. The molecule has 4 aliphatic heterocycles. The summed E-state index contributed by atoms with van der Waals surface area (Å²) in [4.78, 5) is 21.9. The molecule has 0 unspecified atom stereocenters. The highest BCUT2D eigenvalue weighted by Crippen LogP contribution is 2.49. The Kier molecular flexibility index (Phi) is 3.59. The first-order chi connectivity index (χ1) is 13.8. The number of anilines is 1. The molecule has 4 fully saturated rings. The Bertz CT molecular complexity index is 1010. The standard InChI is InChI=1S/C21H24N6O/c1-28-16-5-3-2-4-14(16)15-10-27(18-13-6-8-26(9-7-13)19(15)18)21-17-20(23-11-22-17)24-12-25-21/h2-5,11-13,15,18-19H,6-10H2,1H3,(H,22,23,24,25)/t15-,18-,19-/m0/s1. The van der Waals surface area contributed by atoms with Crippen molar-refractivity contribution in [3.63, 3.8) is 0 Å². The number of fused-ring (bicyclic) bond motifs is 3. The van der Waals surface area contributed by atoms with Crippen LogP contribution in [0.2, 0.25) is 0 Å². The third-order valence-electron chi connectivity index (χ3n) is 7.01. The fraction of sp³-hybridized carbons (Fsp3) is 0.476. The summed E-state index contributed by atoms with van der Waals surface area (Å²) >= 11 is 0. The molecule has 6 heterocycles. The summed E-state index contributed by atoms with van der Waals surface area (Å²) in [6.45, 7) is 3.34. The van der Waals surface area contributed by atoms with E-state index in [0.29, 0.717) is 23.9 Å². The summed E-state index contributed by atoms with van der Waals surface area (Å²) < 4.78 is 5.74. The van der Waals surface area contributed by atoms with E-state index in [1.165, 1.54) is 31.5 Å². The Morgan fingerprint density at radius 3 is 2.79 bits per heavy atom. The number of para-hydroxylation sites is 1. The van der Waals surface area contributed by atoms with Crippen molar-refractivity contribution < 1.29 is 4.74 Å². The van der Waals surface area contributed by atoms with Gasteiger partial charge in [0, 0.05) is 30.1 Å². The van der Waals surface area contributed by atoms with Crippen molar-refractivity contribution in [2.75, 3.05) is 31.6 Å². The second-order valence-corrected chi connectivity index (χ2v) is 8.15. The normalized spacial score (nSPS) is 31.3. The van der Waals surface area contributed by atoms with Crippen LogP contribution >= 0.6 is 0 Å². The highest BCUT2D eigenvalue weighted by molar-refractivity contribution is 5.83. The van der Waals surface area contributed by atoms with Crippen molar-refractivity contribution >= 4 is 17.0 Å². The number of methoxy groups -OCH3 is 1. The lowest BCUT2D eigenvalue weighted by Crippen LogP contribution is -2.60. The molecule has 4 aliphatic rings. The van der Waals surface area contributed by atoms with Gasteiger partial charge in [0.05, 0.1) is 13.4 Å². The van der Waals surface area contributed by atoms with Crippen molar-refractivity contribution in [2.45, 2.75) is 30.8 Å². The first-order valence-corrected chi connectivity index (χ1v) is 10.1. The average molecular weight is 376 g/mol. The molecular formula is C21H24N6O. The van der Waals surface area contributed by atoms with Gasteiger partial charge >= 0.3 is 0 Å². The highest BCUT2D eigenvalue weighted by Gasteiger charge is 2.54. The smallest absolute Gasteiger partial charge is 0.182 e. The van der Waals surface area contributed by atoms with Gasteiger partial charge in [0.15, 0.2) is 11.5 Å². The van der Waals surface area contributed by atoms with Crippen molar-refractivity contribution in [1.29, 1.82) is 0 Å². The largest absolute Gasteiger partial charge is 0.496 e. The van der Waals surface area contributed by atoms with Crippen LogP contribution in [0.25, 0.3) is 11.2 Å². The maximum Gasteiger partial charge on any atom is 0.182 e. The molecule has 0 spiro atoms. The Morgan fingerprint density at radius 2 is 1.93 bits per heavy atom. The van der Waals surface area contributed by atoms with Crippen LogP contribution in [0.15, 0.2) is 36.9 Å². The maximum atomic E-state index is 5.74. The van der Waals surface area contributed by atoms with E-state index in [-0.39, 0.29) is 0 Å². The van der Waals surface area contributed by atoms with Crippen LogP contribution in [-0.4, -0.2) is 63.7 Å². The molecule has 1 N–H and O–H groups in total. The Balaban J connectivity index is 1.49. The van der Waals surface area contributed by atoms with Crippen molar-refractivity contribution in [1.82, 2.24) is 24.8 Å². The molecule has 0 saturated carbocycles. The zero-order chi connectivity index (χ0) is 18.7. The van der Waals surface area contributed by atoms with Gasteiger partial charge in [0.1, 0.15) is 17.6 Å². The molecule has 7 nitrogen and oxygen atoms in total. The highest BCUT2D eigenvalue weighted by atomic mass is 16.5. The second-order valence-electron chi connectivity index (χ2n) is 8.15. The second kappa shape index (κ2) is 6.17. The number of aromatic amines is 1. The van der Waals surface area contributed by atoms with E-state index in [0.717, 1.165) is 29.3 Å². The molecule has 144 valence electrons. The Labute approximate surface area is 163 Å². The zero-order valence-corrected chi connectivity index (χ0v) is 16.0. The molecule has 1 aromatic carbocycles. The molecule has 2 aromatic heterocycles. The average Bonchev–Trinajstić information content (AvgIpc) is 3.40. The van der Waals surface area contributed by atoms with Gasteiger partial charge in [-0.2, -0.15) is 0 Å². The van der Waals surface area contributed by atoms with Gasteiger partial charge in [-0.25, -0.2) is 15.0 Å². The molecule has 4 saturated heterocycles. The number of imidazole rings is 1. The molecule has 7 rings (SSSR count). The minimum atomic E-state index is 0.400. The van der Waals surface area contributed by atoms with Crippen LogP contribution in [0, 0.1) is 5.92 Å². The molecule has 2 bridgehead atoms. The summed E-state index contributed by atoms with van der Waals surface area (Å²) in [6.07, 6.45) is 5.90. The van der Waals surface area contributed by atoms with E-state index in [4.69, 9.17) is 9.72 Å². The van der Waals surface area contributed by atoms with Crippen molar-refractivity contribution in [3.8, 4) is 5.75 Å². The van der Waals surface area contributed by atoms with Crippen LogP contribution in [0.4, 0.5) is 5.82 Å². The SMILES string of the molecule is COc1ccccc1[C@@H]1CN(c2ncnc3nc[nH]c23)[C@H]2C3CCN(CC3)[C@@H]12. The number of hydrogen-bond donors (Lipinski definition) is 1. The molecular weight excluding hydrogens is 352 g/mol. The van der Waals surface area contributed by atoms with Crippen molar-refractivity contribution in [2.24, 2.45) is 5.92 Å². The number of hydrogen-bond acceptors (Lipinski definition) is 6. The van der Waals surface area contributed by atoms with E-state index < -0.39 is 0 Å². The zero-order valence-electron chi connectivity index (χ0n) is 16.0. The van der Waals surface area contributed by atoms with Gasteiger partial charge in [-0.15, -0.1) is 0 Å². The first-order valence-electron chi connectivity index (χ1n) is 10.1. The summed E-state index contributed by atoms with van der Waals surface area (Å²) in [5.41, 5.74) is 2.99. The Morgan fingerprint density at radius 1 is 1.07 bits per heavy atom. The Hall–Kier alpha value is -2.67. The molecule has 0 amide bonds. The fourth-order valence-corrected chi connectivity index (χ4v) is 5.88. The van der Waals surface area contributed by atoms with Gasteiger partial charge in [-0.05, 0) is 37.9 Å². The van der Waals surface area contributed by atoms with E-state index in [2.05, 4.69) is 49.0 Å². The quantitative estimate of drug-likeness (QED) is 0.757. The summed E-state index contributed by atoms with van der Waals surface area (Å²) in [6, 6.07) is 9.47. The van der Waals surface area contributed by atoms with Crippen LogP contribution in [0.1, 0.15) is 24.3 Å². The number of aromatic nitrogens is 4. The number of ether oxygens (including phenoxy) is 1. The van der Waals surface area contributed by atoms with Crippen LogP contribution in [-0.2, 0) is 0 Å². The number of nitrogens with one attached hydrogen (secondary N) is 1. The summed E-state index contributed by atoms with van der Waals surface area (Å²) in [5, 5.41) is 0. The third kappa shape index (κ3) is 2.22. The van der Waals surface area contributed by atoms with Crippen LogP contribution in [0.3, 0.4) is 0 Å². The van der Waals surface area contributed by atoms with Gasteiger partial charge in [-0.1, -0.05) is 18.2 Å². The molecule has 0 radical (unpaired) electrons. The number of benzene rings is 1. The lowest BCUT2D eigenvalue weighted by molar-refractivity contribution is 0.0352. The van der Waals surface area contributed by atoms with Gasteiger partial charge in [-0.3, -0.25) is 4.90 Å². The minimum Gasteiger partial charge on any atom is -0.496 e. The predicted octanol–water partition coefficient (Wildman–Crippen LogP) is 2.43. The third-order valence-corrected chi connectivity index (χ3v) is 7.01. The van der Waals surface area contributed by atoms with Crippen LogP contribution in [0.5, 0.6) is 5.75 Å². The van der Waals surface area contributed by atoms with E-state index >= 15 is 0 Å². The van der Waals surface area contributed by atoms with Gasteiger partial charge in [0.2, 0.25) is 0 Å². The lowest BCUT2D eigenvalue weighted by atomic mass is 9.75. The number of nitrogens with zero attached hydrogens (tertiary/aromatic N) is 5. The number of H-pyrrole nitrogens is 1. The predicted molar refractivity (Wildman–Crippen MR) is 107 cm³/mol. The van der Waals surface area contributed by atoms with E-state index in [9.17, 15) is 0 Å². The number of rotatable bonds is 3. The fourth-order valence-electron chi connectivity index (χ4n) is 5.88. The maximum absolute atomic E-state index is 5.74. The van der Waals surface area contributed by atoms with E-state index in [1.807, 2.05) is 0 Å². The molecule has 3 aromatic rings. The monoisotopic (exact) mass is 376 g/mol. The lowest BCUT2D eigenvalue weighted by Gasteiger charge is -2.51.